The predicted molar refractivity (Wildman–Crippen MR) is 114 cm³/mol. The van der Waals surface area contributed by atoms with Crippen LogP contribution in [0.5, 0.6) is 5.75 Å². The number of aromatic nitrogens is 4. The Morgan fingerprint density at radius 3 is 2.47 bits per heavy atom. The topological polar surface area (TPSA) is 140 Å². The van der Waals surface area contributed by atoms with Crippen molar-refractivity contribution in [2.45, 2.75) is 32.2 Å². The summed E-state index contributed by atoms with van der Waals surface area (Å²) in [5, 5.41) is 26.5. The van der Waals surface area contributed by atoms with Crippen LogP contribution in [0.4, 0.5) is 10.7 Å². The molecule has 3 N–H and O–H groups in total. The summed E-state index contributed by atoms with van der Waals surface area (Å²) < 4.78 is 10.2. The van der Waals surface area contributed by atoms with Gasteiger partial charge in [-0.1, -0.05) is 47.6 Å². The van der Waals surface area contributed by atoms with Gasteiger partial charge < -0.3 is 19.9 Å². The van der Waals surface area contributed by atoms with Gasteiger partial charge >= 0.3 is 6.09 Å². The molecule has 0 fully saturated rings. The van der Waals surface area contributed by atoms with Crippen LogP contribution in [-0.2, 0) is 22.7 Å². The van der Waals surface area contributed by atoms with Gasteiger partial charge in [-0.25, -0.2) is 4.79 Å². The van der Waals surface area contributed by atoms with Gasteiger partial charge in [0.05, 0.1) is 19.8 Å². The molecule has 0 aliphatic carbocycles. The lowest BCUT2D eigenvalue weighted by Gasteiger charge is -2.19. The van der Waals surface area contributed by atoms with Crippen LogP contribution in [0, 0.1) is 0 Å². The largest absolute Gasteiger partial charge is 0.497 e. The molecular formula is C21H24N6O5. The first-order valence-corrected chi connectivity index (χ1v) is 9.81. The van der Waals surface area contributed by atoms with Crippen molar-refractivity contribution in [2.75, 3.05) is 12.4 Å². The van der Waals surface area contributed by atoms with Gasteiger partial charge in [0.25, 0.3) is 11.9 Å². The quantitative estimate of drug-likeness (QED) is 0.453. The highest BCUT2D eigenvalue weighted by atomic mass is 16.5. The maximum Gasteiger partial charge on any atom is 0.408 e. The number of hydrogen-bond acceptors (Lipinski definition) is 8. The third kappa shape index (κ3) is 6.51. The first kappa shape index (κ1) is 22.7. The molecule has 2 atom stereocenters. The molecule has 0 aliphatic heterocycles. The number of hydrogen-bond donors (Lipinski definition) is 3. The summed E-state index contributed by atoms with van der Waals surface area (Å²) in [4.78, 5) is 25.9. The zero-order valence-electron chi connectivity index (χ0n) is 17.6. The normalized spacial score (nSPS) is 12.5. The maximum absolute atomic E-state index is 12.5. The number of nitrogens with zero attached hydrogens (tertiary/aromatic N) is 4. The van der Waals surface area contributed by atoms with Gasteiger partial charge in [0.15, 0.2) is 0 Å². The number of aliphatic hydroxyl groups is 1. The number of tetrazole rings is 1. The number of carbonyl (C=O) groups excluding carboxylic acids is 2. The first-order valence-electron chi connectivity index (χ1n) is 9.81. The monoisotopic (exact) mass is 440 g/mol. The number of aliphatic hydroxyl groups excluding tert-OH is 1. The van der Waals surface area contributed by atoms with Crippen LogP contribution in [0.3, 0.4) is 0 Å². The summed E-state index contributed by atoms with van der Waals surface area (Å²) in [6, 6.07) is 15.1. The molecule has 32 heavy (non-hydrogen) atoms. The fraction of sp³-hybridized carbons (Fsp3) is 0.286. The van der Waals surface area contributed by atoms with E-state index in [4.69, 9.17) is 9.47 Å². The number of ether oxygens (including phenoxy) is 2. The Labute approximate surface area is 184 Å². The molecule has 3 rings (SSSR count). The number of amides is 2. The molecule has 3 aromatic rings. The Bertz CT molecular complexity index is 1020. The van der Waals surface area contributed by atoms with E-state index in [1.165, 1.54) is 11.7 Å². The second-order valence-electron chi connectivity index (χ2n) is 6.91. The Morgan fingerprint density at radius 2 is 1.81 bits per heavy atom. The summed E-state index contributed by atoms with van der Waals surface area (Å²) in [7, 11) is 1.58. The zero-order chi connectivity index (χ0) is 22.9. The Kier molecular flexibility index (Phi) is 7.70. The van der Waals surface area contributed by atoms with E-state index in [1.54, 1.807) is 19.2 Å². The fourth-order valence-corrected chi connectivity index (χ4v) is 2.74. The van der Waals surface area contributed by atoms with Crippen molar-refractivity contribution >= 4 is 17.9 Å². The molecule has 0 saturated heterocycles. The van der Waals surface area contributed by atoms with Crippen LogP contribution in [0.25, 0.3) is 0 Å². The van der Waals surface area contributed by atoms with Gasteiger partial charge in [0.2, 0.25) is 0 Å². The zero-order valence-corrected chi connectivity index (χ0v) is 17.6. The van der Waals surface area contributed by atoms with Crippen molar-refractivity contribution < 1.29 is 24.2 Å². The van der Waals surface area contributed by atoms with Crippen molar-refractivity contribution in [3.05, 3.63) is 65.7 Å². The van der Waals surface area contributed by atoms with E-state index in [0.717, 1.165) is 16.9 Å². The van der Waals surface area contributed by atoms with Crippen LogP contribution in [-0.4, -0.2) is 56.6 Å². The highest BCUT2D eigenvalue weighted by Gasteiger charge is 2.27. The second kappa shape index (κ2) is 10.9. The summed E-state index contributed by atoms with van der Waals surface area (Å²) >= 11 is 0. The van der Waals surface area contributed by atoms with Crippen molar-refractivity contribution in [1.29, 1.82) is 0 Å². The fourth-order valence-electron chi connectivity index (χ4n) is 2.74. The van der Waals surface area contributed by atoms with Crippen LogP contribution >= 0.6 is 0 Å². The molecule has 0 saturated carbocycles. The molecule has 0 spiro atoms. The van der Waals surface area contributed by atoms with E-state index < -0.39 is 24.1 Å². The third-order valence-electron chi connectivity index (χ3n) is 4.42. The standard InChI is InChI=1S/C21H24N6O5/c1-14(28)18(22-21(30)32-13-16-6-4-3-5-7-16)19(29)23-20-24-26-27(25-20)12-15-8-10-17(31-2)11-9-15/h3-11,14,18,28H,12-13H2,1-2H3,(H,22,30)(H,23,25,29)/t14-,18-/m0/s1. The lowest BCUT2D eigenvalue weighted by atomic mass is 10.2. The highest BCUT2D eigenvalue weighted by Crippen LogP contribution is 2.12. The molecule has 1 heterocycles. The molecule has 11 nitrogen and oxygen atoms in total. The number of carbonyl (C=O) groups is 2. The number of benzene rings is 2. The minimum Gasteiger partial charge on any atom is -0.497 e. The van der Waals surface area contributed by atoms with Crippen LogP contribution in [0.15, 0.2) is 54.6 Å². The molecule has 168 valence electrons. The molecule has 0 unspecified atom stereocenters. The lowest BCUT2D eigenvalue weighted by molar-refractivity contribution is -0.120. The number of rotatable bonds is 9. The number of nitrogens with one attached hydrogen (secondary N) is 2. The van der Waals surface area contributed by atoms with Crippen molar-refractivity contribution in [2.24, 2.45) is 0 Å². The van der Waals surface area contributed by atoms with Crippen molar-refractivity contribution in [1.82, 2.24) is 25.5 Å². The van der Waals surface area contributed by atoms with E-state index in [2.05, 4.69) is 26.0 Å². The first-order chi connectivity index (χ1) is 15.4. The number of anilines is 1. The van der Waals surface area contributed by atoms with Crippen LogP contribution < -0.4 is 15.4 Å². The van der Waals surface area contributed by atoms with E-state index in [-0.39, 0.29) is 12.6 Å². The van der Waals surface area contributed by atoms with Gasteiger partial charge in [-0.05, 0) is 35.4 Å². The van der Waals surface area contributed by atoms with Gasteiger partial charge in [-0.3, -0.25) is 10.1 Å². The highest BCUT2D eigenvalue weighted by molar-refractivity contribution is 5.95. The molecule has 2 aromatic carbocycles. The second-order valence-corrected chi connectivity index (χ2v) is 6.91. The Morgan fingerprint density at radius 1 is 1.09 bits per heavy atom. The lowest BCUT2D eigenvalue weighted by Crippen LogP contribution is -2.50. The van der Waals surface area contributed by atoms with Gasteiger partial charge in [-0.15, -0.1) is 5.10 Å². The van der Waals surface area contributed by atoms with E-state index in [0.29, 0.717) is 6.54 Å². The maximum atomic E-state index is 12.5. The molecule has 0 bridgehead atoms. The van der Waals surface area contributed by atoms with Gasteiger partial charge in [-0.2, -0.15) is 4.80 Å². The molecule has 2 amide bonds. The number of methoxy groups -OCH3 is 1. The van der Waals surface area contributed by atoms with E-state index in [9.17, 15) is 14.7 Å². The SMILES string of the molecule is COc1ccc(Cn2nnc(NC(=O)[C@@H](NC(=O)OCc3ccccc3)[C@H](C)O)n2)cc1. The summed E-state index contributed by atoms with van der Waals surface area (Å²) in [6.07, 6.45) is -2.03. The smallest absolute Gasteiger partial charge is 0.408 e. The molecule has 1 aromatic heterocycles. The summed E-state index contributed by atoms with van der Waals surface area (Å²) in [5.41, 5.74) is 1.70. The molecule has 0 aliphatic rings. The summed E-state index contributed by atoms with van der Waals surface area (Å²) in [6.45, 7) is 1.73. The van der Waals surface area contributed by atoms with Gasteiger partial charge in [0.1, 0.15) is 18.4 Å². The van der Waals surface area contributed by atoms with Gasteiger partial charge in [0, 0.05) is 0 Å². The molecule has 0 radical (unpaired) electrons. The summed E-state index contributed by atoms with van der Waals surface area (Å²) in [5.74, 6) is -0.0403. The minimum absolute atomic E-state index is 0.0298. The number of alkyl carbamates (subject to hydrolysis) is 1. The third-order valence-corrected chi connectivity index (χ3v) is 4.42. The van der Waals surface area contributed by atoms with E-state index >= 15 is 0 Å². The average molecular weight is 440 g/mol. The molecule has 11 heteroatoms. The van der Waals surface area contributed by atoms with Crippen LogP contribution in [0.2, 0.25) is 0 Å². The minimum atomic E-state index is -1.27. The Balaban J connectivity index is 1.54. The molecular weight excluding hydrogens is 416 g/mol. The Hall–Kier alpha value is -3.99. The van der Waals surface area contributed by atoms with Crippen LogP contribution in [0.1, 0.15) is 18.1 Å². The average Bonchev–Trinajstić information content (AvgIpc) is 3.23. The van der Waals surface area contributed by atoms with Crippen molar-refractivity contribution in [3.63, 3.8) is 0 Å². The van der Waals surface area contributed by atoms with Crippen molar-refractivity contribution in [3.8, 4) is 5.75 Å². The predicted octanol–water partition coefficient (Wildman–Crippen LogP) is 1.34. The van der Waals surface area contributed by atoms with E-state index in [1.807, 2.05) is 42.5 Å².